The number of carbonyl (C=O) groups is 2. The number of amides is 2. The van der Waals surface area contributed by atoms with Crippen LogP contribution in [0.1, 0.15) is 63.9 Å². The van der Waals surface area contributed by atoms with E-state index in [1.54, 1.807) is 16.2 Å². The Kier molecular flexibility index (Phi) is 7.86. The summed E-state index contributed by atoms with van der Waals surface area (Å²) in [6, 6.07) is 15.8. The van der Waals surface area contributed by atoms with Crippen LogP contribution in [0.4, 0.5) is 0 Å². The van der Waals surface area contributed by atoms with E-state index < -0.39 is 0 Å². The Labute approximate surface area is 211 Å². The molecule has 0 bridgehead atoms. The van der Waals surface area contributed by atoms with E-state index in [2.05, 4.69) is 6.92 Å². The van der Waals surface area contributed by atoms with Crippen molar-refractivity contribution in [1.29, 1.82) is 0 Å². The summed E-state index contributed by atoms with van der Waals surface area (Å²) in [5.41, 5.74) is 3.95. The zero-order chi connectivity index (χ0) is 24.9. The Balaban J connectivity index is 1.29. The SMILES string of the molecule is Cc1ccc(OCC(=O)N2CCC(c3nc(C(=O)N(C)C(C)c4ccccc4)cs3)CC2)cc1C. The molecular formula is C28H33N3O3S. The predicted octanol–water partition coefficient (Wildman–Crippen LogP) is 5.38. The molecule has 2 aromatic carbocycles. The molecule has 2 amide bonds. The summed E-state index contributed by atoms with van der Waals surface area (Å²) in [5, 5.41) is 2.84. The number of benzene rings is 2. The van der Waals surface area contributed by atoms with E-state index in [1.807, 2.05) is 79.7 Å². The van der Waals surface area contributed by atoms with Crippen molar-refractivity contribution in [1.82, 2.24) is 14.8 Å². The highest BCUT2D eigenvalue weighted by Crippen LogP contribution is 2.31. The quantitative estimate of drug-likeness (QED) is 0.445. The van der Waals surface area contributed by atoms with Crippen molar-refractivity contribution in [3.8, 4) is 5.75 Å². The van der Waals surface area contributed by atoms with Crippen LogP contribution in [-0.4, -0.2) is 53.3 Å². The summed E-state index contributed by atoms with van der Waals surface area (Å²) in [7, 11) is 1.82. The Morgan fingerprint density at radius 3 is 2.51 bits per heavy atom. The van der Waals surface area contributed by atoms with Gasteiger partial charge in [-0.25, -0.2) is 4.98 Å². The maximum Gasteiger partial charge on any atom is 0.273 e. The van der Waals surface area contributed by atoms with Gasteiger partial charge in [0.25, 0.3) is 11.8 Å². The maximum absolute atomic E-state index is 13.0. The number of thiazole rings is 1. The molecule has 184 valence electrons. The smallest absolute Gasteiger partial charge is 0.273 e. The predicted molar refractivity (Wildman–Crippen MR) is 139 cm³/mol. The number of hydrogen-bond donors (Lipinski definition) is 0. The van der Waals surface area contributed by atoms with Crippen LogP contribution in [0.2, 0.25) is 0 Å². The molecule has 1 fully saturated rings. The first-order valence-electron chi connectivity index (χ1n) is 12.1. The Hall–Kier alpha value is -3.19. The first kappa shape index (κ1) is 24.9. The molecule has 2 heterocycles. The average Bonchev–Trinajstić information content (AvgIpc) is 3.39. The van der Waals surface area contributed by atoms with Gasteiger partial charge in [0.1, 0.15) is 11.4 Å². The van der Waals surface area contributed by atoms with Crippen LogP contribution in [0.15, 0.2) is 53.9 Å². The van der Waals surface area contributed by atoms with Gasteiger partial charge in [0.15, 0.2) is 6.61 Å². The number of nitrogens with zero attached hydrogens (tertiary/aromatic N) is 3. The molecule has 6 nitrogen and oxygen atoms in total. The van der Waals surface area contributed by atoms with Gasteiger partial charge in [-0.05, 0) is 62.4 Å². The van der Waals surface area contributed by atoms with Crippen molar-refractivity contribution in [2.45, 2.75) is 45.6 Å². The number of aryl methyl sites for hydroxylation is 2. The molecule has 3 aromatic rings. The molecule has 1 saturated heterocycles. The number of ether oxygens (including phenoxy) is 1. The normalized spacial score (nSPS) is 15.0. The number of rotatable bonds is 7. The number of piperidine rings is 1. The maximum atomic E-state index is 13.0. The molecule has 1 aliphatic heterocycles. The van der Waals surface area contributed by atoms with Crippen molar-refractivity contribution in [3.63, 3.8) is 0 Å². The summed E-state index contributed by atoms with van der Waals surface area (Å²) >= 11 is 1.54. The second-order valence-corrected chi connectivity index (χ2v) is 10.2. The highest BCUT2D eigenvalue weighted by Gasteiger charge is 2.28. The van der Waals surface area contributed by atoms with Crippen LogP contribution in [0.3, 0.4) is 0 Å². The minimum atomic E-state index is -0.0695. The highest BCUT2D eigenvalue weighted by molar-refractivity contribution is 7.09. The molecule has 1 atom stereocenters. The Bertz CT molecular complexity index is 1170. The van der Waals surface area contributed by atoms with Gasteiger partial charge in [0.05, 0.1) is 11.0 Å². The van der Waals surface area contributed by atoms with Crippen LogP contribution in [0.25, 0.3) is 0 Å². The standard InChI is InChI=1S/C28H33N3O3S/c1-19-10-11-24(16-20(19)2)34-17-26(32)31-14-12-23(13-15-31)27-29-25(18-35-27)28(33)30(4)21(3)22-8-6-5-7-9-22/h5-11,16,18,21,23H,12-15,17H2,1-4H3. The van der Waals surface area contributed by atoms with Gasteiger partial charge >= 0.3 is 0 Å². The van der Waals surface area contributed by atoms with Gasteiger partial charge in [-0.2, -0.15) is 0 Å². The lowest BCUT2D eigenvalue weighted by Gasteiger charge is -2.31. The van der Waals surface area contributed by atoms with Crippen molar-refractivity contribution in [3.05, 3.63) is 81.3 Å². The van der Waals surface area contributed by atoms with Crippen LogP contribution >= 0.6 is 11.3 Å². The lowest BCUT2D eigenvalue weighted by atomic mass is 9.97. The zero-order valence-electron chi connectivity index (χ0n) is 20.9. The molecule has 7 heteroatoms. The molecule has 1 unspecified atom stereocenters. The summed E-state index contributed by atoms with van der Waals surface area (Å²) in [4.78, 5) is 34.0. The molecule has 0 N–H and O–H groups in total. The van der Waals surface area contributed by atoms with Crippen molar-refractivity contribution < 1.29 is 14.3 Å². The largest absolute Gasteiger partial charge is 0.484 e. The molecule has 1 aliphatic rings. The van der Waals surface area contributed by atoms with Crippen LogP contribution in [0.5, 0.6) is 5.75 Å². The molecular weight excluding hydrogens is 458 g/mol. The topological polar surface area (TPSA) is 62.7 Å². The van der Waals surface area contributed by atoms with Gasteiger partial charge < -0.3 is 14.5 Å². The van der Waals surface area contributed by atoms with Crippen molar-refractivity contribution >= 4 is 23.2 Å². The average molecular weight is 492 g/mol. The fourth-order valence-corrected chi connectivity index (χ4v) is 5.27. The summed E-state index contributed by atoms with van der Waals surface area (Å²) in [6.07, 6.45) is 1.68. The summed E-state index contributed by atoms with van der Waals surface area (Å²) in [6.45, 7) is 7.51. The van der Waals surface area contributed by atoms with Gasteiger partial charge in [0.2, 0.25) is 0 Å². The fourth-order valence-electron chi connectivity index (χ4n) is 4.30. The minimum Gasteiger partial charge on any atom is -0.484 e. The number of likely N-dealkylation sites (tertiary alicyclic amines) is 1. The third-order valence-corrected chi connectivity index (χ3v) is 7.97. The minimum absolute atomic E-state index is 0.00760. The van der Waals surface area contributed by atoms with E-state index in [0.29, 0.717) is 18.8 Å². The first-order chi connectivity index (χ1) is 16.8. The number of hydrogen-bond acceptors (Lipinski definition) is 5. The monoisotopic (exact) mass is 491 g/mol. The molecule has 1 aromatic heterocycles. The van der Waals surface area contributed by atoms with E-state index >= 15 is 0 Å². The van der Waals surface area contributed by atoms with Crippen LogP contribution in [-0.2, 0) is 4.79 Å². The van der Waals surface area contributed by atoms with E-state index in [9.17, 15) is 9.59 Å². The molecule has 4 rings (SSSR count). The first-order valence-corrected chi connectivity index (χ1v) is 13.0. The third-order valence-electron chi connectivity index (χ3n) is 6.96. The van der Waals surface area contributed by atoms with Gasteiger partial charge in [-0.3, -0.25) is 9.59 Å². The van der Waals surface area contributed by atoms with Crippen molar-refractivity contribution in [2.75, 3.05) is 26.7 Å². The van der Waals surface area contributed by atoms with Gasteiger partial charge in [-0.1, -0.05) is 36.4 Å². The summed E-state index contributed by atoms with van der Waals surface area (Å²) < 4.78 is 5.73. The number of carbonyl (C=O) groups excluding carboxylic acids is 2. The van der Waals surface area contributed by atoms with E-state index in [0.717, 1.165) is 34.7 Å². The molecule has 0 aliphatic carbocycles. The Morgan fingerprint density at radius 1 is 1.11 bits per heavy atom. The number of aromatic nitrogens is 1. The molecule has 0 spiro atoms. The third kappa shape index (κ3) is 5.90. The highest BCUT2D eigenvalue weighted by atomic mass is 32.1. The van der Waals surface area contributed by atoms with E-state index in [1.165, 1.54) is 5.56 Å². The van der Waals surface area contributed by atoms with E-state index in [4.69, 9.17) is 9.72 Å². The molecule has 0 saturated carbocycles. The van der Waals surface area contributed by atoms with E-state index in [-0.39, 0.29) is 30.4 Å². The molecule has 35 heavy (non-hydrogen) atoms. The van der Waals surface area contributed by atoms with Crippen LogP contribution < -0.4 is 4.74 Å². The summed E-state index contributed by atoms with van der Waals surface area (Å²) in [5.74, 6) is 0.930. The second kappa shape index (κ2) is 11.0. The van der Waals surface area contributed by atoms with Crippen molar-refractivity contribution in [2.24, 2.45) is 0 Å². The second-order valence-electron chi connectivity index (χ2n) is 9.26. The fraction of sp³-hybridized carbons (Fsp3) is 0.393. The lowest BCUT2D eigenvalue weighted by Crippen LogP contribution is -2.40. The zero-order valence-corrected chi connectivity index (χ0v) is 21.7. The Morgan fingerprint density at radius 2 is 1.83 bits per heavy atom. The van der Waals surface area contributed by atoms with Gasteiger partial charge in [0, 0.05) is 31.4 Å². The van der Waals surface area contributed by atoms with Crippen LogP contribution in [0, 0.1) is 13.8 Å². The molecule has 0 radical (unpaired) electrons. The lowest BCUT2D eigenvalue weighted by molar-refractivity contribution is -0.134. The van der Waals surface area contributed by atoms with Gasteiger partial charge in [-0.15, -0.1) is 11.3 Å².